The van der Waals surface area contributed by atoms with Gasteiger partial charge in [0.1, 0.15) is 11.5 Å². The van der Waals surface area contributed by atoms with Gasteiger partial charge in [0, 0.05) is 44.4 Å². The molecule has 1 aromatic heterocycles. The molecule has 0 saturated heterocycles. The third-order valence-electron chi connectivity index (χ3n) is 5.19. The molecule has 0 amide bonds. The summed E-state index contributed by atoms with van der Waals surface area (Å²) in [5.74, 6) is 0.685. The average molecular weight is 372 g/mol. The molecular formula is C21H28N2O4. The van der Waals surface area contributed by atoms with Crippen molar-refractivity contribution in [3.63, 3.8) is 0 Å². The van der Waals surface area contributed by atoms with E-state index >= 15 is 0 Å². The second-order valence-corrected chi connectivity index (χ2v) is 8.30. The van der Waals surface area contributed by atoms with Crippen molar-refractivity contribution in [3.05, 3.63) is 28.3 Å². The van der Waals surface area contributed by atoms with Crippen LogP contribution >= 0.6 is 0 Å². The Morgan fingerprint density at radius 2 is 2.00 bits per heavy atom. The fourth-order valence-electron chi connectivity index (χ4n) is 3.91. The number of aromatic nitrogens is 1. The van der Waals surface area contributed by atoms with Crippen LogP contribution in [0.3, 0.4) is 0 Å². The molecule has 0 aromatic carbocycles. The number of ketones is 2. The summed E-state index contributed by atoms with van der Waals surface area (Å²) in [6.07, 6.45) is 4.61. The number of carbonyl (C=O) groups is 2. The Balaban J connectivity index is 1.80. The molecule has 0 atom stereocenters. The van der Waals surface area contributed by atoms with Crippen LogP contribution in [-0.2, 0) is 17.6 Å². The van der Waals surface area contributed by atoms with Gasteiger partial charge in [0.25, 0.3) is 0 Å². The van der Waals surface area contributed by atoms with E-state index in [-0.39, 0.29) is 29.2 Å². The zero-order valence-electron chi connectivity index (χ0n) is 16.4. The van der Waals surface area contributed by atoms with E-state index in [0.29, 0.717) is 60.5 Å². The summed E-state index contributed by atoms with van der Waals surface area (Å²) >= 11 is 0. The molecule has 0 aliphatic heterocycles. The van der Waals surface area contributed by atoms with E-state index in [9.17, 15) is 14.7 Å². The summed E-state index contributed by atoms with van der Waals surface area (Å²) in [7, 11) is 0. The third-order valence-corrected chi connectivity index (χ3v) is 5.19. The molecule has 1 N–H and O–H groups in total. The lowest BCUT2D eigenvalue weighted by Crippen LogP contribution is -2.26. The number of aliphatic hydroxyl groups excluding tert-OH is 1. The van der Waals surface area contributed by atoms with E-state index in [1.165, 1.54) is 0 Å². The van der Waals surface area contributed by atoms with Crippen molar-refractivity contribution in [1.29, 1.82) is 0 Å². The molecule has 0 unspecified atom stereocenters. The fraction of sp³-hybridized carbons (Fsp3) is 0.619. The van der Waals surface area contributed by atoms with Crippen LogP contribution in [0.2, 0.25) is 0 Å². The molecule has 1 heterocycles. The maximum Gasteiger partial charge on any atom is 0.168 e. The summed E-state index contributed by atoms with van der Waals surface area (Å²) in [4.78, 5) is 29.3. The Bertz CT molecular complexity index is 814. The lowest BCUT2D eigenvalue weighted by molar-refractivity contribution is -0.115. The number of nitrogens with zero attached hydrogens (tertiary/aromatic N) is 2. The molecule has 2 aliphatic carbocycles. The fourth-order valence-corrected chi connectivity index (χ4v) is 3.91. The van der Waals surface area contributed by atoms with E-state index in [1.807, 2.05) is 20.8 Å². The number of aliphatic hydroxyl groups is 1. The van der Waals surface area contributed by atoms with Crippen molar-refractivity contribution in [2.45, 2.75) is 72.1 Å². The van der Waals surface area contributed by atoms with Crippen molar-refractivity contribution >= 4 is 17.3 Å². The maximum absolute atomic E-state index is 12.5. The highest BCUT2D eigenvalue weighted by Crippen LogP contribution is 2.36. The van der Waals surface area contributed by atoms with Gasteiger partial charge in [-0.25, -0.2) is 0 Å². The number of rotatable bonds is 5. The van der Waals surface area contributed by atoms with Crippen LogP contribution in [0.15, 0.2) is 20.8 Å². The van der Waals surface area contributed by atoms with Gasteiger partial charge in [-0.2, -0.15) is 0 Å². The van der Waals surface area contributed by atoms with Gasteiger partial charge in [0.15, 0.2) is 11.6 Å². The molecule has 6 heteroatoms. The highest BCUT2D eigenvalue weighted by atomic mass is 16.5. The van der Waals surface area contributed by atoms with Gasteiger partial charge in [-0.15, -0.1) is 0 Å². The van der Waals surface area contributed by atoms with Gasteiger partial charge < -0.3 is 9.63 Å². The molecule has 0 radical (unpaired) electrons. The van der Waals surface area contributed by atoms with Crippen molar-refractivity contribution in [3.8, 4) is 0 Å². The first-order valence-electron chi connectivity index (χ1n) is 9.82. The molecule has 2 aliphatic rings. The number of carbonyl (C=O) groups excluding carboxylic acids is 2. The lowest BCUT2D eigenvalue weighted by Gasteiger charge is -2.26. The third kappa shape index (κ3) is 4.20. The number of fused-ring (bicyclic) bond motifs is 1. The molecule has 1 aromatic rings. The van der Waals surface area contributed by atoms with Crippen molar-refractivity contribution in [1.82, 2.24) is 5.16 Å². The quantitative estimate of drug-likeness (QED) is 0.618. The van der Waals surface area contributed by atoms with E-state index < -0.39 is 0 Å². The number of Topliss-reactive ketones (excluding diaryl/α,β-unsaturated/α-hetero) is 2. The second kappa shape index (κ2) is 7.79. The molecule has 1 saturated carbocycles. The minimum atomic E-state index is -0.121. The molecule has 6 nitrogen and oxygen atoms in total. The van der Waals surface area contributed by atoms with Crippen LogP contribution in [-0.4, -0.2) is 34.1 Å². The highest BCUT2D eigenvalue weighted by Gasteiger charge is 2.36. The SMILES string of the molecule is CCCN=C1CCCC(=O)C1=C(O)CCc1noc2c1C(=O)CC(C)(C)C2. The number of allylic oxidation sites excluding steroid dienone is 2. The zero-order valence-corrected chi connectivity index (χ0v) is 16.4. The number of hydrogen-bond acceptors (Lipinski definition) is 6. The van der Waals surface area contributed by atoms with Crippen molar-refractivity contribution in [2.75, 3.05) is 6.54 Å². The van der Waals surface area contributed by atoms with E-state index in [4.69, 9.17) is 4.52 Å². The smallest absolute Gasteiger partial charge is 0.168 e. The maximum atomic E-state index is 12.5. The van der Waals surface area contributed by atoms with E-state index in [2.05, 4.69) is 10.1 Å². The van der Waals surface area contributed by atoms with Crippen molar-refractivity contribution < 1.29 is 19.2 Å². The molecule has 3 rings (SSSR count). The predicted octanol–water partition coefficient (Wildman–Crippen LogP) is 4.18. The first-order valence-corrected chi connectivity index (χ1v) is 9.82. The van der Waals surface area contributed by atoms with Crippen LogP contribution < -0.4 is 0 Å². The van der Waals surface area contributed by atoms with Gasteiger partial charge in [-0.05, 0) is 24.7 Å². The summed E-state index contributed by atoms with van der Waals surface area (Å²) in [5.41, 5.74) is 2.12. The van der Waals surface area contributed by atoms with E-state index in [1.54, 1.807) is 0 Å². The van der Waals surface area contributed by atoms with Crippen LogP contribution in [0.5, 0.6) is 0 Å². The van der Waals surface area contributed by atoms with E-state index in [0.717, 1.165) is 19.3 Å². The van der Waals surface area contributed by atoms with Crippen LogP contribution in [0.1, 0.15) is 81.1 Å². The van der Waals surface area contributed by atoms with Crippen molar-refractivity contribution in [2.24, 2.45) is 10.4 Å². The Morgan fingerprint density at radius 3 is 2.74 bits per heavy atom. The number of aliphatic imine (C=N–C) groups is 1. The lowest BCUT2D eigenvalue weighted by atomic mass is 9.76. The van der Waals surface area contributed by atoms with Gasteiger partial charge in [0.2, 0.25) is 0 Å². The van der Waals surface area contributed by atoms with Gasteiger partial charge in [-0.3, -0.25) is 14.6 Å². The summed E-state index contributed by atoms with van der Waals surface area (Å²) in [6, 6.07) is 0. The normalized spacial score (nSPS) is 22.9. The molecule has 146 valence electrons. The molecule has 0 bridgehead atoms. The Labute approximate surface area is 159 Å². The Hall–Kier alpha value is -2.24. The second-order valence-electron chi connectivity index (χ2n) is 8.30. The van der Waals surface area contributed by atoms with Gasteiger partial charge in [0.05, 0.1) is 16.8 Å². The highest BCUT2D eigenvalue weighted by molar-refractivity contribution is 6.24. The number of aryl methyl sites for hydroxylation is 1. The van der Waals surface area contributed by atoms with Crippen LogP contribution in [0, 0.1) is 5.41 Å². The zero-order chi connectivity index (χ0) is 19.6. The monoisotopic (exact) mass is 372 g/mol. The predicted molar refractivity (Wildman–Crippen MR) is 102 cm³/mol. The van der Waals surface area contributed by atoms with Gasteiger partial charge in [-0.1, -0.05) is 25.9 Å². The molecule has 1 fully saturated rings. The topological polar surface area (TPSA) is 92.8 Å². The summed E-state index contributed by atoms with van der Waals surface area (Å²) < 4.78 is 5.41. The first-order chi connectivity index (χ1) is 12.8. The Kier molecular flexibility index (Phi) is 5.63. The van der Waals surface area contributed by atoms with Gasteiger partial charge >= 0.3 is 0 Å². The van der Waals surface area contributed by atoms with Crippen LogP contribution in [0.25, 0.3) is 0 Å². The first kappa shape index (κ1) is 19.5. The average Bonchev–Trinajstić information content (AvgIpc) is 2.99. The minimum absolute atomic E-state index is 0.0450. The molecular weight excluding hydrogens is 344 g/mol. The largest absolute Gasteiger partial charge is 0.511 e. The molecule has 0 spiro atoms. The molecule has 27 heavy (non-hydrogen) atoms. The minimum Gasteiger partial charge on any atom is -0.511 e. The summed E-state index contributed by atoms with van der Waals surface area (Å²) in [5, 5.41) is 14.7. The number of hydrogen-bond donors (Lipinski definition) is 1. The van der Waals surface area contributed by atoms with Crippen LogP contribution in [0.4, 0.5) is 0 Å². The standard InChI is InChI=1S/C21H28N2O4/c1-4-10-22-13-6-5-7-15(24)19(13)16(25)9-8-14-20-17(26)11-21(2,3)12-18(20)27-23-14/h25H,4-12H2,1-3H3. The Morgan fingerprint density at radius 1 is 1.22 bits per heavy atom. The summed E-state index contributed by atoms with van der Waals surface area (Å²) in [6.45, 7) is 6.76.